The molecule has 4 aromatic rings. The number of H-pyrrole nitrogens is 1. The number of amides is 2. The highest BCUT2D eigenvalue weighted by Gasteiger charge is 2.28. The molecule has 164 valence electrons. The number of likely N-dealkylation sites (N-methyl/N-ethyl adjacent to an activating group) is 1. The standard InChI is InChI=1S/C27H24N4O2/c1-2-31(18-28)27(33)25(16-20-17-29-24-15-9-8-13-22(20)24)30-26(32)23-14-7-6-12-21(23)19-10-4-3-5-11-19/h3-15,17,25,29H,2,16H2,1H3,(H,30,32). The lowest BCUT2D eigenvalue weighted by atomic mass is 9.98. The average Bonchev–Trinajstić information content (AvgIpc) is 3.27. The number of hydrogen-bond acceptors (Lipinski definition) is 3. The molecule has 0 aliphatic rings. The lowest BCUT2D eigenvalue weighted by Gasteiger charge is -2.22. The van der Waals surface area contributed by atoms with E-state index in [2.05, 4.69) is 10.3 Å². The van der Waals surface area contributed by atoms with Gasteiger partial charge in [0.25, 0.3) is 11.8 Å². The van der Waals surface area contributed by atoms with Gasteiger partial charge in [0, 0.05) is 35.6 Å². The minimum Gasteiger partial charge on any atom is -0.361 e. The maximum absolute atomic E-state index is 13.4. The van der Waals surface area contributed by atoms with Gasteiger partial charge in [-0.1, -0.05) is 66.7 Å². The van der Waals surface area contributed by atoms with Crippen molar-refractivity contribution in [2.75, 3.05) is 6.54 Å². The Morgan fingerprint density at radius 3 is 2.45 bits per heavy atom. The number of rotatable bonds is 7. The van der Waals surface area contributed by atoms with Crippen LogP contribution in [0.5, 0.6) is 0 Å². The van der Waals surface area contributed by atoms with Gasteiger partial charge in [-0.3, -0.25) is 9.59 Å². The number of para-hydroxylation sites is 1. The van der Waals surface area contributed by atoms with E-state index in [4.69, 9.17) is 0 Å². The van der Waals surface area contributed by atoms with Gasteiger partial charge < -0.3 is 10.3 Å². The van der Waals surface area contributed by atoms with Gasteiger partial charge in [-0.05, 0) is 35.7 Å². The number of benzene rings is 3. The Balaban J connectivity index is 1.67. The molecule has 33 heavy (non-hydrogen) atoms. The van der Waals surface area contributed by atoms with Crippen molar-refractivity contribution in [1.29, 1.82) is 5.26 Å². The Morgan fingerprint density at radius 2 is 1.70 bits per heavy atom. The van der Waals surface area contributed by atoms with Crippen LogP contribution in [0.3, 0.4) is 0 Å². The Kier molecular flexibility index (Phi) is 6.51. The first kappa shape index (κ1) is 21.8. The predicted molar refractivity (Wildman–Crippen MR) is 128 cm³/mol. The summed E-state index contributed by atoms with van der Waals surface area (Å²) in [5, 5.41) is 13.3. The van der Waals surface area contributed by atoms with Crippen molar-refractivity contribution in [3.05, 3.63) is 96.2 Å². The summed E-state index contributed by atoms with van der Waals surface area (Å²) in [6.45, 7) is 1.96. The van der Waals surface area contributed by atoms with Crippen molar-refractivity contribution in [2.24, 2.45) is 0 Å². The smallest absolute Gasteiger partial charge is 0.258 e. The third kappa shape index (κ3) is 4.63. The molecule has 0 saturated heterocycles. The molecule has 2 N–H and O–H groups in total. The predicted octanol–water partition coefficient (Wildman–Crippen LogP) is 4.51. The van der Waals surface area contributed by atoms with Gasteiger partial charge in [0.1, 0.15) is 6.04 Å². The molecule has 3 aromatic carbocycles. The largest absolute Gasteiger partial charge is 0.361 e. The van der Waals surface area contributed by atoms with Crippen LogP contribution in [0, 0.1) is 11.5 Å². The zero-order chi connectivity index (χ0) is 23.2. The first-order valence-electron chi connectivity index (χ1n) is 10.8. The number of aromatic amines is 1. The van der Waals surface area contributed by atoms with Crippen LogP contribution in [0.25, 0.3) is 22.0 Å². The van der Waals surface area contributed by atoms with Gasteiger partial charge in [0.15, 0.2) is 6.19 Å². The first-order chi connectivity index (χ1) is 16.1. The maximum atomic E-state index is 13.4. The lowest BCUT2D eigenvalue weighted by Crippen LogP contribution is -2.48. The number of hydrogen-bond donors (Lipinski definition) is 2. The highest BCUT2D eigenvalue weighted by Crippen LogP contribution is 2.24. The number of aromatic nitrogens is 1. The third-order valence-electron chi connectivity index (χ3n) is 5.66. The lowest BCUT2D eigenvalue weighted by molar-refractivity contribution is -0.130. The minimum atomic E-state index is -0.889. The quantitative estimate of drug-likeness (QED) is 0.330. The van der Waals surface area contributed by atoms with E-state index in [0.717, 1.165) is 32.5 Å². The van der Waals surface area contributed by atoms with Crippen molar-refractivity contribution < 1.29 is 9.59 Å². The molecule has 2 amide bonds. The first-order valence-corrected chi connectivity index (χ1v) is 10.8. The van der Waals surface area contributed by atoms with Crippen LogP contribution in [0.2, 0.25) is 0 Å². The van der Waals surface area contributed by atoms with E-state index in [1.807, 2.05) is 79.1 Å². The second kappa shape index (κ2) is 9.84. The van der Waals surface area contributed by atoms with Crippen molar-refractivity contribution in [2.45, 2.75) is 19.4 Å². The van der Waals surface area contributed by atoms with Crippen molar-refractivity contribution in [3.63, 3.8) is 0 Å². The van der Waals surface area contributed by atoms with Gasteiger partial charge in [-0.25, -0.2) is 4.90 Å². The summed E-state index contributed by atoms with van der Waals surface area (Å²) in [7, 11) is 0. The molecule has 6 nitrogen and oxygen atoms in total. The zero-order valence-corrected chi connectivity index (χ0v) is 18.3. The molecule has 0 aliphatic carbocycles. The molecular weight excluding hydrogens is 412 g/mol. The fourth-order valence-electron chi connectivity index (χ4n) is 3.97. The number of carbonyl (C=O) groups excluding carboxylic acids is 2. The zero-order valence-electron chi connectivity index (χ0n) is 18.3. The summed E-state index contributed by atoms with van der Waals surface area (Å²) in [6, 6.07) is 23.8. The molecule has 0 radical (unpaired) electrons. The second-order valence-electron chi connectivity index (χ2n) is 7.68. The number of carbonyl (C=O) groups is 2. The molecular formula is C27H24N4O2. The Hall–Kier alpha value is -4.37. The summed E-state index contributed by atoms with van der Waals surface area (Å²) >= 11 is 0. The molecule has 1 unspecified atom stereocenters. The van der Waals surface area contributed by atoms with E-state index in [9.17, 15) is 14.9 Å². The molecule has 4 rings (SSSR count). The number of nitriles is 1. The summed E-state index contributed by atoms with van der Waals surface area (Å²) in [5.41, 5.74) is 4.01. The van der Waals surface area contributed by atoms with Crippen LogP contribution in [-0.2, 0) is 11.2 Å². The van der Waals surface area contributed by atoms with Crippen LogP contribution in [0.1, 0.15) is 22.8 Å². The van der Waals surface area contributed by atoms with Crippen LogP contribution in [0.4, 0.5) is 0 Å². The van der Waals surface area contributed by atoms with Crippen molar-refractivity contribution in [3.8, 4) is 17.3 Å². The van der Waals surface area contributed by atoms with Crippen LogP contribution < -0.4 is 5.32 Å². The van der Waals surface area contributed by atoms with E-state index in [-0.39, 0.29) is 18.9 Å². The van der Waals surface area contributed by atoms with E-state index >= 15 is 0 Å². The van der Waals surface area contributed by atoms with Crippen LogP contribution in [-0.4, -0.2) is 34.3 Å². The SMILES string of the molecule is CCN(C#N)C(=O)C(Cc1c[nH]c2ccccc12)NC(=O)c1ccccc1-c1ccccc1. The van der Waals surface area contributed by atoms with Crippen LogP contribution in [0.15, 0.2) is 85.1 Å². The Labute approximate surface area is 192 Å². The minimum absolute atomic E-state index is 0.232. The highest BCUT2D eigenvalue weighted by molar-refractivity contribution is 6.03. The highest BCUT2D eigenvalue weighted by atomic mass is 16.2. The molecule has 6 heteroatoms. The molecule has 0 saturated carbocycles. The monoisotopic (exact) mass is 436 g/mol. The number of nitrogens with zero attached hydrogens (tertiary/aromatic N) is 2. The fourth-order valence-corrected chi connectivity index (χ4v) is 3.97. The molecule has 1 atom stereocenters. The van der Waals surface area contributed by atoms with E-state index in [0.29, 0.717) is 5.56 Å². The van der Waals surface area contributed by atoms with Crippen molar-refractivity contribution >= 4 is 22.7 Å². The van der Waals surface area contributed by atoms with E-state index in [1.165, 1.54) is 0 Å². The molecule has 0 spiro atoms. The number of fused-ring (bicyclic) bond motifs is 1. The molecule has 1 aromatic heterocycles. The van der Waals surface area contributed by atoms with Gasteiger partial charge in [0.05, 0.1) is 0 Å². The van der Waals surface area contributed by atoms with E-state index < -0.39 is 11.9 Å². The van der Waals surface area contributed by atoms with E-state index in [1.54, 1.807) is 19.1 Å². The molecule has 0 bridgehead atoms. The Bertz CT molecular complexity index is 1320. The molecule has 0 fully saturated rings. The van der Waals surface area contributed by atoms with Gasteiger partial charge in [-0.2, -0.15) is 5.26 Å². The van der Waals surface area contributed by atoms with Crippen LogP contribution >= 0.6 is 0 Å². The topological polar surface area (TPSA) is 89.0 Å². The summed E-state index contributed by atoms with van der Waals surface area (Å²) in [6.07, 6.45) is 4.03. The van der Waals surface area contributed by atoms with Gasteiger partial charge in [0.2, 0.25) is 0 Å². The molecule has 0 aliphatic heterocycles. The Morgan fingerprint density at radius 1 is 1.00 bits per heavy atom. The van der Waals surface area contributed by atoms with Gasteiger partial charge >= 0.3 is 0 Å². The number of nitrogens with one attached hydrogen (secondary N) is 2. The average molecular weight is 437 g/mol. The molecule has 1 heterocycles. The summed E-state index contributed by atoms with van der Waals surface area (Å²) in [5.74, 6) is -0.794. The maximum Gasteiger partial charge on any atom is 0.258 e. The normalized spacial score (nSPS) is 11.5. The fraction of sp³-hybridized carbons (Fsp3) is 0.148. The second-order valence-corrected chi connectivity index (χ2v) is 7.68. The van der Waals surface area contributed by atoms with Crippen molar-refractivity contribution in [1.82, 2.24) is 15.2 Å². The summed E-state index contributed by atoms with van der Waals surface area (Å²) < 4.78 is 0. The summed E-state index contributed by atoms with van der Waals surface area (Å²) in [4.78, 5) is 30.8. The van der Waals surface area contributed by atoms with Gasteiger partial charge in [-0.15, -0.1) is 0 Å². The third-order valence-corrected chi connectivity index (χ3v) is 5.66.